The second-order valence-corrected chi connectivity index (χ2v) is 5.29. The first-order valence-electron chi connectivity index (χ1n) is 6.97. The molecule has 0 unspecified atom stereocenters. The molecule has 0 atom stereocenters. The van der Waals surface area contributed by atoms with Gasteiger partial charge in [0.1, 0.15) is 0 Å². The maximum Gasteiger partial charge on any atom is 0.0740 e. The smallest absolute Gasteiger partial charge is 0.0740 e. The molecule has 3 aromatic rings. The summed E-state index contributed by atoms with van der Waals surface area (Å²) < 4.78 is 0. The highest BCUT2D eigenvalue weighted by molar-refractivity contribution is 6.06. The summed E-state index contributed by atoms with van der Waals surface area (Å²) in [6, 6.07) is 18.8. The van der Waals surface area contributed by atoms with Crippen molar-refractivity contribution in [3.8, 4) is 11.1 Å². The number of hydrogen-bond donors (Lipinski definition) is 1. The first-order chi connectivity index (χ1) is 10.2. The molecular formula is C19H17NO. The third-order valence-corrected chi connectivity index (χ3v) is 3.97. The molecule has 2 heteroatoms. The fraction of sp³-hybridized carbons (Fsp3) is 0.105. The van der Waals surface area contributed by atoms with E-state index in [0.717, 1.165) is 16.3 Å². The maximum atomic E-state index is 8.80. The molecular weight excluding hydrogens is 258 g/mol. The lowest BCUT2D eigenvalue weighted by Crippen LogP contribution is -1.89. The van der Waals surface area contributed by atoms with Gasteiger partial charge >= 0.3 is 0 Å². The lowest BCUT2D eigenvalue weighted by molar-refractivity contribution is 0.322. The van der Waals surface area contributed by atoms with Gasteiger partial charge in [-0.25, -0.2) is 0 Å². The monoisotopic (exact) mass is 275 g/mol. The summed E-state index contributed by atoms with van der Waals surface area (Å²) in [4.78, 5) is 0. The zero-order valence-corrected chi connectivity index (χ0v) is 12.2. The van der Waals surface area contributed by atoms with Crippen molar-refractivity contribution < 1.29 is 5.21 Å². The highest BCUT2D eigenvalue weighted by Gasteiger charge is 2.07. The van der Waals surface area contributed by atoms with Gasteiger partial charge in [-0.05, 0) is 46.9 Å². The zero-order valence-electron chi connectivity index (χ0n) is 12.2. The van der Waals surface area contributed by atoms with E-state index in [1.54, 1.807) is 0 Å². The van der Waals surface area contributed by atoms with E-state index in [2.05, 4.69) is 55.4 Å². The van der Waals surface area contributed by atoms with E-state index >= 15 is 0 Å². The molecule has 0 aliphatic heterocycles. The van der Waals surface area contributed by atoms with Gasteiger partial charge in [-0.15, -0.1) is 0 Å². The highest BCUT2D eigenvalue weighted by Crippen LogP contribution is 2.31. The second kappa shape index (κ2) is 5.41. The number of oxime groups is 1. The van der Waals surface area contributed by atoms with Crippen molar-refractivity contribution in [2.75, 3.05) is 0 Å². The zero-order chi connectivity index (χ0) is 14.8. The number of aryl methyl sites for hydroxylation is 2. The van der Waals surface area contributed by atoms with Crippen molar-refractivity contribution in [3.63, 3.8) is 0 Å². The van der Waals surface area contributed by atoms with Crippen LogP contribution in [0.5, 0.6) is 0 Å². The number of rotatable bonds is 2. The van der Waals surface area contributed by atoms with Crippen LogP contribution in [0.2, 0.25) is 0 Å². The van der Waals surface area contributed by atoms with E-state index in [1.165, 1.54) is 28.5 Å². The number of hydrogen-bond acceptors (Lipinski definition) is 2. The van der Waals surface area contributed by atoms with Crippen molar-refractivity contribution in [1.82, 2.24) is 0 Å². The lowest BCUT2D eigenvalue weighted by atomic mass is 9.93. The Morgan fingerprint density at radius 2 is 1.62 bits per heavy atom. The van der Waals surface area contributed by atoms with E-state index in [9.17, 15) is 0 Å². The predicted molar refractivity (Wildman–Crippen MR) is 88.2 cm³/mol. The molecule has 0 fully saturated rings. The summed E-state index contributed by atoms with van der Waals surface area (Å²) in [5, 5.41) is 14.2. The molecule has 0 spiro atoms. The molecule has 0 radical (unpaired) electrons. The molecule has 0 amide bonds. The number of nitrogens with zero attached hydrogens (tertiary/aromatic N) is 1. The van der Waals surface area contributed by atoms with Gasteiger partial charge in [0.05, 0.1) is 6.21 Å². The average Bonchev–Trinajstić information content (AvgIpc) is 2.51. The van der Waals surface area contributed by atoms with Crippen LogP contribution in [0.25, 0.3) is 21.9 Å². The Kier molecular flexibility index (Phi) is 3.44. The van der Waals surface area contributed by atoms with Gasteiger partial charge in [0.2, 0.25) is 0 Å². The molecule has 0 bridgehead atoms. The molecule has 0 aliphatic rings. The van der Waals surface area contributed by atoms with Crippen LogP contribution in [0.1, 0.15) is 16.7 Å². The van der Waals surface area contributed by atoms with E-state index < -0.39 is 0 Å². The Morgan fingerprint density at radius 1 is 0.857 bits per heavy atom. The molecule has 3 rings (SSSR count). The fourth-order valence-electron chi connectivity index (χ4n) is 2.66. The van der Waals surface area contributed by atoms with Gasteiger partial charge in [0, 0.05) is 5.56 Å². The highest BCUT2D eigenvalue weighted by atomic mass is 16.4. The molecule has 104 valence electrons. The minimum atomic E-state index is 0.917. The van der Waals surface area contributed by atoms with Crippen molar-refractivity contribution in [2.45, 2.75) is 13.8 Å². The van der Waals surface area contributed by atoms with E-state index in [0.29, 0.717) is 0 Å². The molecule has 0 saturated carbocycles. The average molecular weight is 275 g/mol. The predicted octanol–water partition coefficient (Wildman–Crippen LogP) is 4.93. The van der Waals surface area contributed by atoms with Crippen LogP contribution in [0.4, 0.5) is 0 Å². The Bertz CT molecular complexity index is 834. The summed E-state index contributed by atoms with van der Waals surface area (Å²) >= 11 is 0. The van der Waals surface area contributed by atoms with Crippen LogP contribution in [0.15, 0.2) is 59.8 Å². The molecule has 0 heterocycles. The molecule has 0 aliphatic carbocycles. The van der Waals surface area contributed by atoms with Gasteiger partial charge in [0.25, 0.3) is 0 Å². The maximum absolute atomic E-state index is 8.80. The summed E-state index contributed by atoms with van der Waals surface area (Å²) in [6.45, 7) is 4.26. The third-order valence-electron chi connectivity index (χ3n) is 3.97. The quantitative estimate of drug-likeness (QED) is 0.401. The van der Waals surface area contributed by atoms with Gasteiger partial charge in [0.15, 0.2) is 0 Å². The normalized spacial score (nSPS) is 11.3. The van der Waals surface area contributed by atoms with Gasteiger partial charge in [-0.3, -0.25) is 0 Å². The van der Waals surface area contributed by atoms with E-state index in [4.69, 9.17) is 5.21 Å². The standard InChI is InChI=1S/C19H17NO/c1-13-7-8-15(11-14(13)2)18-10-9-16(12-20-21)17-5-3-4-6-19(17)18/h3-12,21H,1-2H3/b20-12+. The van der Waals surface area contributed by atoms with E-state index in [1.807, 2.05) is 18.2 Å². The van der Waals surface area contributed by atoms with Crippen LogP contribution in [0, 0.1) is 13.8 Å². The van der Waals surface area contributed by atoms with Gasteiger partial charge < -0.3 is 5.21 Å². The second-order valence-electron chi connectivity index (χ2n) is 5.29. The molecule has 2 nitrogen and oxygen atoms in total. The third kappa shape index (κ3) is 2.40. The molecule has 0 saturated heterocycles. The van der Waals surface area contributed by atoms with Crippen LogP contribution < -0.4 is 0 Å². The largest absolute Gasteiger partial charge is 0.411 e. The Balaban J connectivity index is 2.28. The molecule has 1 N–H and O–H groups in total. The first kappa shape index (κ1) is 13.4. The molecule has 3 aromatic carbocycles. The summed E-state index contributed by atoms with van der Waals surface area (Å²) in [7, 11) is 0. The molecule has 21 heavy (non-hydrogen) atoms. The minimum absolute atomic E-state index is 0.917. The topological polar surface area (TPSA) is 32.6 Å². The Hall–Kier alpha value is -2.61. The van der Waals surface area contributed by atoms with Gasteiger partial charge in [-0.2, -0.15) is 0 Å². The van der Waals surface area contributed by atoms with Crippen molar-refractivity contribution >= 4 is 17.0 Å². The van der Waals surface area contributed by atoms with Crippen LogP contribution >= 0.6 is 0 Å². The SMILES string of the molecule is Cc1ccc(-c2ccc(/C=N/O)c3ccccc23)cc1C. The number of fused-ring (bicyclic) bond motifs is 1. The first-order valence-corrected chi connectivity index (χ1v) is 6.97. The van der Waals surface area contributed by atoms with Crippen molar-refractivity contribution in [1.29, 1.82) is 0 Å². The van der Waals surface area contributed by atoms with Crippen LogP contribution in [-0.4, -0.2) is 11.4 Å². The summed E-state index contributed by atoms with van der Waals surface area (Å²) in [6.07, 6.45) is 1.48. The fourth-order valence-corrected chi connectivity index (χ4v) is 2.66. The minimum Gasteiger partial charge on any atom is -0.411 e. The summed E-state index contributed by atoms with van der Waals surface area (Å²) in [5.74, 6) is 0. The van der Waals surface area contributed by atoms with Crippen molar-refractivity contribution in [2.24, 2.45) is 5.16 Å². The van der Waals surface area contributed by atoms with Crippen LogP contribution in [0.3, 0.4) is 0 Å². The Labute approximate surface area is 124 Å². The van der Waals surface area contributed by atoms with Crippen molar-refractivity contribution in [3.05, 3.63) is 71.3 Å². The van der Waals surface area contributed by atoms with Gasteiger partial charge in [-0.1, -0.05) is 59.8 Å². The van der Waals surface area contributed by atoms with E-state index in [-0.39, 0.29) is 0 Å². The summed E-state index contributed by atoms with van der Waals surface area (Å²) in [5.41, 5.74) is 5.91. The lowest BCUT2D eigenvalue weighted by Gasteiger charge is -2.11. The Morgan fingerprint density at radius 3 is 2.33 bits per heavy atom. The number of benzene rings is 3. The van der Waals surface area contributed by atoms with Crippen LogP contribution in [-0.2, 0) is 0 Å². The molecule has 0 aromatic heterocycles.